The van der Waals surface area contributed by atoms with Crippen LogP contribution in [0.2, 0.25) is 0 Å². The molecule has 1 aliphatic carbocycles. The second kappa shape index (κ2) is 6.40. The van der Waals surface area contributed by atoms with Gasteiger partial charge in [0.25, 0.3) is 0 Å². The maximum atomic E-state index is 9.20. The Bertz CT molecular complexity index is 269. The van der Waals surface area contributed by atoms with Gasteiger partial charge in [-0.1, -0.05) is 26.2 Å². The second-order valence-electron chi connectivity index (χ2n) is 5.86. The lowest BCUT2D eigenvalue weighted by molar-refractivity contribution is 0.182. The SMILES string of the molecule is CCCC1CCCN(C2CCCC2C#N)CC1. The molecule has 2 nitrogen and oxygen atoms in total. The van der Waals surface area contributed by atoms with E-state index in [9.17, 15) is 5.26 Å². The third kappa shape index (κ3) is 3.22. The molecule has 2 aliphatic rings. The molecule has 3 unspecified atom stereocenters. The lowest BCUT2D eigenvalue weighted by Gasteiger charge is -2.29. The van der Waals surface area contributed by atoms with Gasteiger partial charge in [0.15, 0.2) is 0 Å². The molecule has 2 rings (SSSR count). The molecular formula is C15H26N2. The molecule has 3 atom stereocenters. The van der Waals surface area contributed by atoms with Crippen LogP contribution >= 0.6 is 0 Å². The minimum Gasteiger partial charge on any atom is -0.299 e. The molecule has 1 heterocycles. The predicted molar refractivity (Wildman–Crippen MR) is 70.6 cm³/mol. The molecule has 2 fully saturated rings. The van der Waals surface area contributed by atoms with E-state index in [0.717, 1.165) is 12.3 Å². The van der Waals surface area contributed by atoms with E-state index in [2.05, 4.69) is 17.9 Å². The number of rotatable bonds is 3. The summed E-state index contributed by atoms with van der Waals surface area (Å²) in [6, 6.07) is 3.11. The van der Waals surface area contributed by atoms with Crippen LogP contribution in [0.25, 0.3) is 0 Å². The second-order valence-corrected chi connectivity index (χ2v) is 5.86. The highest BCUT2D eigenvalue weighted by molar-refractivity contribution is 4.97. The van der Waals surface area contributed by atoms with Crippen LogP contribution in [0.15, 0.2) is 0 Å². The summed E-state index contributed by atoms with van der Waals surface area (Å²) >= 11 is 0. The van der Waals surface area contributed by atoms with Crippen molar-refractivity contribution in [2.45, 2.75) is 64.3 Å². The summed E-state index contributed by atoms with van der Waals surface area (Å²) in [5.41, 5.74) is 0. The normalized spacial score (nSPS) is 35.4. The number of hydrogen-bond acceptors (Lipinski definition) is 2. The first kappa shape index (κ1) is 12.9. The van der Waals surface area contributed by atoms with Gasteiger partial charge in [-0.3, -0.25) is 4.90 Å². The summed E-state index contributed by atoms with van der Waals surface area (Å²) in [7, 11) is 0. The Morgan fingerprint density at radius 2 is 2.00 bits per heavy atom. The van der Waals surface area contributed by atoms with Gasteiger partial charge in [-0.25, -0.2) is 0 Å². The fourth-order valence-corrected chi connectivity index (χ4v) is 3.74. The Hall–Kier alpha value is -0.550. The molecular weight excluding hydrogens is 208 g/mol. The van der Waals surface area contributed by atoms with Gasteiger partial charge in [-0.2, -0.15) is 5.26 Å². The van der Waals surface area contributed by atoms with Crippen molar-refractivity contribution in [3.63, 3.8) is 0 Å². The molecule has 0 aromatic heterocycles. The summed E-state index contributed by atoms with van der Waals surface area (Å²) in [5.74, 6) is 1.27. The Balaban J connectivity index is 1.88. The van der Waals surface area contributed by atoms with E-state index in [-0.39, 0.29) is 0 Å². The van der Waals surface area contributed by atoms with Crippen LogP contribution in [0.4, 0.5) is 0 Å². The van der Waals surface area contributed by atoms with E-state index < -0.39 is 0 Å². The molecule has 0 N–H and O–H groups in total. The molecule has 0 radical (unpaired) electrons. The molecule has 0 spiro atoms. The van der Waals surface area contributed by atoms with Gasteiger partial charge in [-0.05, 0) is 51.1 Å². The Kier molecular flexibility index (Phi) is 4.86. The van der Waals surface area contributed by atoms with Crippen LogP contribution in [0.1, 0.15) is 58.3 Å². The Morgan fingerprint density at radius 1 is 1.12 bits per heavy atom. The van der Waals surface area contributed by atoms with Crippen molar-refractivity contribution in [3.8, 4) is 6.07 Å². The van der Waals surface area contributed by atoms with Crippen LogP contribution in [0, 0.1) is 23.2 Å². The molecule has 0 aromatic carbocycles. The van der Waals surface area contributed by atoms with Crippen molar-refractivity contribution in [1.29, 1.82) is 5.26 Å². The molecule has 2 heteroatoms. The number of nitrogens with zero attached hydrogens (tertiary/aromatic N) is 2. The van der Waals surface area contributed by atoms with Crippen molar-refractivity contribution in [3.05, 3.63) is 0 Å². The molecule has 0 bridgehead atoms. The van der Waals surface area contributed by atoms with Crippen LogP contribution in [0.3, 0.4) is 0 Å². The molecule has 17 heavy (non-hydrogen) atoms. The van der Waals surface area contributed by atoms with Crippen LogP contribution < -0.4 is 0 Å². The van der Waals surface area contributed by atoms with Gasteiger partial charge in [-0.15, -0.1) is 0 Å². The summed E-state index contributed by atoms with van der Waals surface area (Å²) in [6.45, 7) is 4.78. The molecule has 1 saturated carbocycles. The average Bonchev–Trinajstić information content (AvgIpc) is 2.70. The lowest BCUT2D eigenvalue weighted by atomic mass is 9.96. The minimum absolute atomic E-state index is 0.317. The number of nitriles is 1. The zero-order valence-electron chi connectivity index (χ0n) is 11.2. The third-order valence-electron chi connectivity index (χ3n) is 4.69. The van der Waals surface area contributed by atoms with Crippen LogP contribution in [-0.2, 0) is 0 Å². The van der Waals surface area contributed by atoms with Crippen molar-refractivity contribution >= 4 is 0 Å². The third-order valence-corrected chi connectivity index (χ3v) is 4.69. The predicted octanol–water partition coefficient (Wildman–Crippen LogP) is 3.58. The van der Waals surface area contributed by atoms with E-state index >= 15 is 0 Å². The van der Waals surface area contributed by atoms with Crippen molar-refractivity contribution in [2.24, 2.45) is 11.8 Å². The summed E-state index contributed by atoms with van der Waals surface area (Å²) in [6.07, 6.45) is 10.5. The standard InChI is InChI=1S/C15H26N2/c1-2-5-13-6-4-10-17(11-9-13)15-8-3-7-14(15)12-16/h13-15H,2-11H2,1H3. The van der Waals surface area contributed by atoms with Gasteiger partial charge in [0.2, 0.25) is 0 Å². The van der Waals surface area contributed by atoms with Gasteiger partial charge >= 0.3 is 0 Å². The van der Waals surface area contributed by atoms with Gasteiger partial charge < -0.3 is 0 Å². The van der Waals surface area contributed by atoms with Crippen molar-refractivity contribution < 1.29 is 0 Å². The topological polar surface area (TPSA) is 27.0 Å². The minimum atomic E-state index is 0.317. The molecule has 1 aliphatic heterocycles. The number of hydrogen-bond donors (Lipinski definition) is 0. The van der Waals surface area contributed by atoms with Gasteiger partial charge in [0.05, 0.1) is 12.0 Å². The first-order chi connectivity index (χ1) is 8.35. The first-order valence-electron chi connectivity index (χ1n) is 7.48. The fourth-order valence-electron chi connectivity index (χ4n) is 3.74. The van der Waals surface area contributed by atoms with E-state index in [0.29, 0.717) is 12.0 Å². The van der Waals surface area contributed by atoms with Gasteiger partial charge in [0, 0.05) is 6.04 Å². The highest BCUT2D eigenvalue weighted by atomic mass is 15.2. The summed E-state index contributed by atoms with van der Waals surface area (Å²) in [5, 5.41) is 9.20. The fraction of sp³-hybridized carbons (Fsp3) is 0.933. The maximum Gasteiger partial charge on any atom is 0.0672 e. The average molecular weight is 234 g/mol. The monoisotopic (exact) mass is 234 g/mol. The largest absolute Gasteiger partial charge is 0.299 e. The zero-order chi connectivity index (χ0) is 12.1. The summed E-state index contributed by atoms with van der Waals surface area (Å²) < 4.78 is 0. The van der Waals surface area contributed by atoms with Crippen LogP contribution in [-0.4, -0.2) is 24.0 Å². The quantitative estimate of drug-likeness (QED) is 0.746. The maximum absolute atomic E-state index is 9.20. The van der Waals surface area contributed by atoms with Crippen molar-refractivity contribution in [2.75, 3.05) is 13.1 Å². The Morgan fingerprint density at radius 3 is 2.76 bits per heavy atom. The number of likely N-dealkylation sites (tertiary alicyclic amines) is 1. The molecule has 0 aromatic rings. The van der Waals surface area contributed by atoms with E-state index in [1.807, 2.05) is 0 Å². The Labute approximate surface area is 106 Å². The molecule has 96 valence electrons. The van der Waals surface area contributed by atoms with Gasteiger partial charge in [0.1, 0.15) is 0 Å². The highest BCUT2D eigenvalue weighted by Gasteiger charge is 2.32. The van der Waals surface area contributed by atoms with Crippen molar-refractivity contribution in [1.82, 2.24) is 4.90 Å². The van der Waals surface area contributed by atoms with Crippen LogP contribution in [0.5, 0.6) is 0 Å². The highest BCUT2D eigenvalue weighted by Crippen LogP contribution is 2.32. The first-order valence-corrected chi connectivity index (χ1v) is 7.48. The smallest absolute Gasteiger partial charge is 0.0672 e. The van der Waals surface area contributed by atoms with E-state index in [4.69, 9.17) is 0 Å². The molecule has 0 amide bonds. The zero-order valence-corrected chi connectivity index (χ0v) is 11.2. The summed E-state index contributed by atoms with van der Waals surface area (Å²) in [4.78, 5) is 2.64. The molecule has 1 saturated heterocycles. The van der Waals surface area contributed by atoms with E-state index in [1.165, 1.54) is 58.0 Å². The van der Waals surface area contributed by atoms with E-state index in [1.54, 1.807) is 0 Å². The lowest BCUT2D eigenvalue weighted by Crippen LogP contribution is -2.38.